The molecule has 3 unspecified atom stereocenters. The van der Waals surface area contributed by atoms with Gasteiger partial charge in [0.05, 0.1) is 5.57 Å². The molecule has 4 heteroatoms. The zero-order valence-corrected chi connectivity index (χ0v) is 17.7. The van der Waals surface area contributed by atoms with Crippen molar-refractivity contribution in [1.29, 1.82) is 0 Å². The molecule has 3 heterocycles. The van der Waals surface area contributed by atoms with Crippen molar-refractivity contribution in [1.82, 2.24) is 0 Å². The van der Waals surface area contributed by atoms with Crippen LogP contribution in [0.25, 0.3) is 0 Å². The molecule has 0 amide bonds. The second-order valence-electron chi connectivity index (χ2n) is 8.96. The molecule has 4 atom stereocenters. The second kappa shape index (κ2) is 6.75. The lowest BCUT2D eigenvalue weighted by Gasteiger charge is -2.42. The summed E-state index contributed by atoms with van der Waals surface area (Å²) in [5.74, 6) is 1.70. The van der Waals surface area contributed by atoms with E-state index in [4.69, 9.17) is 9.47 Å². The number of allylic oxidation sites excluding steroid dienone is 6. The van der Waals surface area contributed by atoms with E-state index in [9.17, 15) is 0 Å². The van der Waals surface area contributed by atoms with Gasteiger partial charge in [0.1, 0.15) is 11.9 Å². The van der Waals surface area contributed by atoms with Gasteiger partial charge in [0.2, 0.25) is 11.4 Å². The summed E-state index contributed by atoms with van der Waals surface area (Å²) in [6.45, 7) is 0. The van der Waals surface area contributed by atoms with Crippen LogP contribution in [0.15, 0.2) is 108 Å². The number of benzene rings is 2. The van der Waals surface area contributed by atoms with Crippen LogP contribution >= 0.6 is 0 Å². The van der Waals surface area contributed by atoms with Gasteiger partial charge >= 0.3 is 6.03 Å². The lowest BCUT2D eigenvalue weighted by molar-refractivity contribution is -0.880. The van der Waals surface area contributed by atoms with Crippen molar-refractivity contribution in [3.05, 3.63) is 108 Å². The first-order valence-corrected chi connectivity index (χ1v) is 11.4. The maximum atomic E-state index is 7.04. The zero-order valence-electron chi connectivity index (χ0n) is 17.7. The Kier molecular flexibility index (Phi) is 3.82. The molecule has 7 rings (SSSR count). The van der Waals surface area contributed by atoms with E-state index >= 15 is 0 Å². The van der Waals surface area contributed by atoms with Crippen molar-refractivity contribution in [2.75, 3.05) is 0 Å². The summed E-state index contributed by atoms with van der Waals surface area (Å²) in [7, 11) is 0. The fraction of sp³-hybridized carbons (Fsp3) is 0.214. The monoisotopic (exact) mass is 420 g/mol. The molecule has 5 aliphatic rings. The Balaban J connectivity index is 1.55. The Morgan fingerprint density at radius 1 is 0.875 bits per heavy atom. The first-order valence-electron chi connectivity index (χ1n) is 11.4. The fourth-order valence-electron chi connectivity index (χ4n) is 5.56. The highest BCUT2D eigenvalue weighted by Gasteiger charge is 2.68. The molecule has 32 heavy (non-hydrogen) atoms. The minimum absolute atomic E-state index is 0.0476. The average Bonchev–Trinajstić information content (AvgIpc) is 2.84. The number of ether oxygens (including phenoxy) is 2. The lowest BCUT2D eigenvalue weighted by atomic mass is 9.79. The molecule has 2 aliphatic carbocycles. The first-order chi connectivity index (χ1) is 15.8. The molecule has 1 spiro atoms. The van der Waals surface area contributed by atoms with Crippen molar-refractivity contribution < 1.29 is 18.6 Å². The smallest absolute Gasteiger partial charge is 0.355 e. The number of hydrogen-bond donors (Lipinski definition) is 0. The van der Waals surface area contributed by atoms with Crippen LogP contribution in [0.5, 0.6) is 0 Å². The Bertz CT molecular complexity index is 1280. The van der Waals surface area contributed by atoms with Gasteiger partial charge in [-0.2, -0.15) is 0 Å². The average molecular weight is 421 g/mol. The van der Waals surface area contributed by atoms with E-state index in [1.165, 1.54) is 5.57 Å². The quantitative estimate of drug-likeness (QED) is 0.624. The van der Waals surface area contributed by atoms with Gasteiger partial charge in [-0.25, -0.2) is 4.74 Å². The Morgan fingerprint density at radius 2 is 1.59 bits per heavy atom. The maximum absolute atomic E-state index is 7.04. The number of rotatable bonds is 2. The molecule has 0 saturated carbocycles. The van der Waals surface area contributed by atoms with E-state index in [2.05, 4.69) is 100 Å². The van der Waals surface area contributed by atoms with Crippen molar-refractivity contribution in [3.8, 4) is 0 Å². The molecular formula is C28H24N2O2+2. The lowest BCUT2D eigenvalue weighted by Crippen LogP contribution is -2.62. The summed E-state index contributed by atoms with van der Waals surface area (Å²) in [4.78, 5) is 0. The van der Waals surface area contributed by atoms with Gasteiger partial charge in [0.15, 0.2) is 12.4 Å². The number of hydrogen-bond acceptors (Lipinski definition) is 2. The molecule has 2 aromatic rings. The number of para-hydroxylation sites is 2. The molecule has 1 saturated heterocycles. The van der Waals surface area contributed by atoms with Crippen LogP contribution in [0.4, 0.5) is 11.4 Å². The minimum atomic E-state index is -1.13. The maximum Gasteiger partial charge on any atom is 0.668 e. The highest BCUT2D eigenvalue weighted by molar-refractivity contribution is 5.82. The van der Waals surface area contributed by atoms with Crippen LogP contribution in [0, 0.1) is 11.8 Å². The molecule has 3 aliphatic heterocycles. The third kappa shape index (κ3) is 2.53. The van der Waals surface area contributed by atoms with Gasteiger partial charge in [0.25, 0.3) is 0 Å². The summed E-state index contributed by atoms with van der Waals surface area (Å²) in [5, 5.41) is 0. The standard InChI is InChI=1S/C28H24N2O2/c1-3-13-24(14-4-1)29-18-22-11-7-9-20-17-21-10-8-12-23-19-30(25-15-5-2-6-16-25)28(29,31-26(20)22)32-27(21)23/h1-9,11-16,18-21,26H,10,17H2/q+2/t20?,21?,26?,28-/m0/s1. The van der Waals surface area contributed by atoms with E-state index in [1.54, 1.807) is 0 Å². The van der Waals surface area contributed by atoms with Crippen LogP contribution < -0.4 is 0 Å². The van der Waals surface area contributed by atoms with Gasteiger partial charge in [-0.3, -0.25) is 0 Å². The van der Waals surface area contributed by atoms with Crippen molar-refractivity contribution in [2.45, 2.75) is 25.0 Å². The molecular weight excluding hydrogens is 396 g/mol. The Labute approximate surface area is 187 Å². The van der Waals surface area contributed by atoms with E-state index in [-0.39, 0.29) is 6.10 Å². The predicted molar refractivity (Wildman–Crippen MR) is 123 cm³/mol. The largest absolute Gasteiger partial charge is 0.668 e. The molecule has 2 aromatic carbocycles. The summed E-state index contributed by atoms with van der Waals surface area (Å²) < 4.78 is 18.3. The fourth-order valence-corrected chi connectivity index (χ4v) is 5.56. The third-order valence-electron chi connectivity index (χ3n) is 7.04. The number of nitrogens with zero attached hydrogens (tertiary/aromatic N) is 2. The Hall–Kier alpha value is -3.50. The van der Waals surface area contributed by atoms with E-state index in [1.807, 2.05) is 12.1 Å². The predicted octanol–water partition coefficient (Wildman–Crippen LogP) is 5.20. The highest BCUT2D eigenvalue weighted by atomic mass is 16.7. The Morgan fingerprint density at radius 3 is 2.34 bits per heavy atom. The topological polar surface area (TPSA) is 24.5 Å². The minimum Gasteiger partial charge on any atom is -0.355 e. The van der Waals surface area contributed by atoms with Crippen LogP contribution in [0.2, 0.25) is 0 Å². The summed E-state index contributed by atoms with van der Waals surface area (Å²) in [6, 6.07) is 19.6. The van der Waals surface area contributed by atoms with Crippen LogP contribution in [-0.4, -0.2) is 33.7 Å². The second-order valence-corrected chi connectivity index (χ2v) is 8.96. The van der Waals surface area contributed by atoms with Gasteiger partial charge < -0.3 is 4.74 Å². The summed E-state index contributed by atoms with van der Waals surface area (Å²) >= 11 is 0. The molecule has 0 N–H and O–H groups in total. The van der Waals surface area contributed by atoms with Crippen molar-refractivity contribution in [2.24, 2.45) is 11.8 Å². The van der Waals surface area contributed by atoms with Gasteiger partial charge in [0, 0.05) is 41.7 Å². The summed E-state index contributed by atoms with van der Waals surface area (Å²) in [6.07, 6.45) is 17.5. The normalized spacial score (nSPS) is 31.6. The van der Waals surface area contributed by atoms with E-state index < -0.39 is 6.03 Å². The van der Waals surface area contributed by atoms with E-state index in [0.29, 0.717) is 11.8 Å². The SMILES string of the molecule is C1=CC2CC3CC=CC4=C3O[C@]3(OC2C(=C1)C=[N+]3c1ccccc1)[N+](c1ccccc1)=C4. The van der Waals surface area contributed by atoms with E-state index in [0.717, 1.165) is 35.5 Å². The molecule has 4 nitrogen and oxygen atoms in total. The van der Waals surface area contributed by atoms with Crippen molar-refractivity contribution >= 4 is 23.8 Å². The molecule has 1 fully saturated rings. The summed E-state index contributed by atoms with van der Waals surface area (Å²) in [5.41, 5.74) is 4.37. The van der Waals surface area contributed by atoms with Gasteiger partial charge in [-0.15, -0.1) is 0 Å². The van der Waals surface area contributed by atoms with Gasteiger partial charge in [-0.05, 0) is 18.9 Å². The third-order valence-corrected chi connectivity index (χ3v) is 7.04. The first kappa shape index (κ1) is 18.1. The van der Waals surface area contributed by atoms with Gasteiger partial charge in [-0.1, -0.05) is 69.9 Å². The highest BCUT2D eigenvalue weighted by Crippen LogP contribution is 2.48. The molecule has 3 bridgehead atoms. The molecule has 0 radical (unpaired) electrons. The molecule has 0 aromatic heterocycles. The van der Waals surface area contributed by atoms with Crippen LogP contribution in [0.1, 0.15) is 12.8 Å². The van der Waals surface area contributed by atoms with Crippen molar-refractivity contribution in [3.63, 3.8) is 0 Å². The zero-order chi connectivity index (χ0) is 21.1. The van der Waals surface area contributed by atoms with Crippen LogP contribution in [-0.2, 0) is 9.47 Å². The van der Waals surface area contributed by atoms with Crippen LogP contribution in [0.3, 0.4) is 0 Å². The molecule has 156 valence electrons.